The van der Waals surface area contributed by atoms with Crippen LogP contribution in [0.2, 0.25) is 0 Å². The topological polar surface area (TPSA) is 74.5 Å². The quantitative estimate of drug-likeness (QED) is 0.569. The van der Waals surface area contributed by atoms with Crippen molar-refractivity contribution in [3.05, 3.63) is 47.3 Å². The van der Waals surface area contributed by atoms with Crippen LogP contribution in [-0.4, -0.2) is 33.4 Å². The van der Waals surface area contributed by atoms with Gasteiger partial charge < -0.3 is 15.7 Å². The predicted molar refractivity (Wildman–Crippen MR) is 104 cm³/mol. The lowest BCUT2D eigenvalue weighted by molar-refractivity contribution is 0.475. The first-order chi connectivity index (χ1) is 12.5. The van der Waals surface area contributed by atoms with Crippen LogP contribution in [0.4, 0.5) is 0 Å². The van der Waals surface area contributed by atoms with E-state index in [9.17, 15) is 5.11 Å². The van der Waals surface area contributed by atoms with E-state index in [1.165, 1.54) is 11.3 Å². The van der Waals surface area contributed by atoms with Gasteiger partial charge in [-0.2, -0.15) is 5.10 Å². The Bertz CT molecular complexity index is 748. The molecule has 1 aromatic carbocycles. The maximum Gasteiger partial charge on any atom is 0.191 e. The van der Waals surface area contributed by atoms with Crippen molar-refractivity contribution >= 4 is 5.96 Å². The molecule has 1 atom stereocenters. The Morgan fingerprint density at radius 1 is 1.35 bits per heavy atom. The first-order valence-electron chi connectivity index (χ1n) is 9.44. The summed E-state index contributed by atoms with van der Waals surface area (Å²) < 4.78 is 2.07. The van der Waals surface area contributed by atoms with Gasteiger partial charge in [-0.25, -0.2) is 4.99 Å². The number of phenols is 1. The molecule has 1 heterocycles. The number of fused-ring (bicyclic) bond motifs is 1. The van der Waals surface area contributed by atoms with Gasteiger partial charge in [-0.3, -0.25) is 4.68 Å². The van der Waals surface area contributed by atoms with Crippen LogP contribution in [0.5, 0.6) is 5.75 Å². The molecule has 0 bridgehead atoms. The van der Waals surface area contributed by atoms with Crippen molar-refractivity contribution in [3.8, 4) is 5.75 Å². The second kappa shape index (κ2) is 8.25. The number of phenolic OH excluding ortho intramolecular Hbond substituents is 1. The molecule has 6 nitrogen and oxygen atoms in total. The fourth-order valence-electron chi connectivity index (χ4n) is 3.19. The van der Waals surface area contributed by atoms with Gasteiger partial charge in [-0.15, -0.1) is 0 Å². The minimum Gasteiger partial charge on any atom is -0.508 e. The van der Waals surface area contributed by atoms with Gasteiger partial charge >= 0.3 is 0 Å². The van der Waals surface area contributed by atoms with E-state index in [2.05, 4.69) is 47.3 Å². The van der Waals surface area contributed by atoms with E-state index in [1.807, 2.05) is 12.1 Å². The number of nitrogens with one attached hydrogen (secondary N) is 2. The monoisotopic (exact) mass is 355 g/mol. The Morgan fingerprint density at radius 2 is 2.12 bits per heavy atom. The zero-order valence-electron chi connectivity index (χ0n) is 15.9. The molecule has 1 unspecified atom stereocenters. The Hall–Kier alpha value is -2.50. The van der Waals surface area contributed by atoms with Crippen molar-refractivity contribution in [1.29, 1.82) is 0 Å². The maximum atomic E-state index is 9.38. The highest BCUT2D eigenvalue weighted by molar-refractivity contribution is 5.80. The summed E-state index contributed by atoms with van der Waals surface area (Å²) in [5.74, 6) is 1.11. The minimum absolute atomic E-state index is 0.279. The molecule has 0 saturated heterocycles. The van der Waals surface area contributed by atoms with Gasteiger partial charge in [0.05, 0.1) is 12.2 Å². The molecule has 6 heteroatoms. The van der Waals surface area contributed by atoms with Gasteiger partial charge in [-0.05, 0) is 56.9 Å². The summed E-state index contributed by atoms with van der Waals surface area (Å²) in [7, 11) is 0. The number of rotatable bonds is 5. The van der Waals surface area contributed by atoms with Crippen molar-refractivity contribution in [3.63, 3.8) is 0 Å². The Kier molecular flexibility index (Phi) is 5.81. The van der Waals surface area contributed by atoms with E-state index in [0.29, 0.717) is 18.6 Å². The van der Waals surface area contributed by atoms with E-state index in [-0.39, 0.29) is 5.75 Å². The molecule has 3 N–H and O–H groups in total. The van der Waals surface area contributed by atoms with Gasteiger partial charge in [0, 0.05) is 31.2 Å². The molecule has 0 saturated carbocycles. The predicted octanol–water partition coefficient (Wildman–Crippen LogP) is 2.78. The lowest BCUT2D eigenvalue weighted by Crippen LogP contribution is -2.45. The number of benzene rings is 1. The van der Waals surface area contributed by atoms with Crippen molar-refractivity contribution in [1.82, 2.24) is 20.4 Å². The van der Waals surface area contributed by atoms with E-state index < -0.39 is 0 Å². The van der Waals surface area contributed by atoms with Crippen LogP contribution in [-0.2, 0) is 19.4 Å². The summed E-state index contributed by atoms with van der Waals surface area (Å²) in [4.78, 5) is 4.68. The number of aryl methyl sites for hydroxylation is 1. The highest BCUT2D eigenvalue weighted by atomic mass is 16.3. The van der Waals surface area contributed by atoms with Crippen LogP contribution in [0.25, 0.3) is 0 Å². The molecule has 3 rings (SSSR count). The van der Waals surface area contributed by atoms with Gasteiger partial charge in [0.25, 0.3) is 0 Å². The van der Waals surface area contributed by atoms with Crippen LogP contribution in [0.3, 0.4) is 0 Å². The van der Waals surface area contributed by atoms with Gasteiger partial charge in [-0.1, -0.05) is 12.1 Å². The van der Waals surface area contributed by atoms with Gasteiger partial charge in [0.1, 0.15) is 5.75 Å². The molecule has 1 aliphatic carbocycles. The summed E-state index contributed by atoms with van der Waals surface area (Å²) >= 11 is 0. The number of guanidine groups is 1. The SMILES string of the molecule is CCNC(=NCc1ccc(O)cc1)NC1CCc2cn(C(C)C)nc2C1. The number of hydrogen-bond acceptors (Lipinski definition) is 3. The number of aromatic hydroxyl groups is 1. The smallest absolute Gasteiger partial charge is 0.191 e. The average Bonchev–Trinajstić information content (AvgIpc) is 3.05. The van der Waals surface area contributed by atoms with E-state index in [0.717, 1.165) is 37.3 Å². The van der Waals surface area contributed by atoms with Crippen LogP contribution >= 0.6 is 0 Å². The highest BCUT2D eigenvalue weighted by Crippen LogP contribution is 2.21. The van der Waals surface area contributed by atoms with Crippen LogP contribution in [0.15, 0.2) is 35.5 Å². The third-order valence-corrected chi connectivity index (χ3v) is 4.67. The summed E-state index contributed by atoms with van der Waals surface area (Å²) in [6, 6.07) is 7.92. The standard InChI is InChI=1S/C20H29N5O/c1-4-21-20(22-12-15-5-9-18(26)10-6-15)23-17-8-7-16-13-25(14(2)3)24-19(16)11-17/h5-6,9-10,13-14,17,26H,4,7-8,11-12H2,1-3H3,(H2,21,22,23). The van der Waals surface area contributed by atoms with Crippen molar-refractivity contribution in [2.75, 3.05) is 6.54 Å². The fourth-order valence-corrected chi connectivity index (χ4v) is 3.19. The average molecular weight is 355 g/mol. The number of aliphatic imine (C=N–C) groups is 1. The normalized spacial score (nSPS) is 17.2. The maximum absolute atomic E-state index is 9.38. The summed E-state index contributed by atoms with van der Waals surface area (Å²) in [6.07, 6.45) is 5.26. The molecule has 0 radical (unpaired) electrons. The van der Waals surface area contributed by atoms with Crippen LogP contribution in [0.1, 0.15) is 50.1 Å². The summed E-state index contributed by atoms with van der Waals surface area (Å²) in [5, 5.41) is 21.0. The van der Waals surface area contributed by atoms with Crippen molar-refractivity contribution < 1.29 is 5.11 Å². The third-order valence-electron chi connectivity index (χ3n) is 4.67. The minimum atomic E-state index is 0.279. The Labute approximate surface area is 155 Å². The molecule has 2 aromatic rings. The molecular formula is C20H29N5O. The molecule has 140 valence electrons. The van der Waals surface area contributed by atoms with Crippen LogP contribution in [0, 0.1) is 0 Å². The molecule has 0 aliphatic heterocycles. The third kappa shape index (κ3) is 4.56. The number of nitrogens with zero attached hydrogens (tertiary/aromatic N) is 3. The highest BCUT2D eigenvalue weighted by Gasteiger charge is 2.22. The second-order valence-electron chi connectivity index (χ2n) is 7.12. The number of aromatic nitrogens is 2. The Morgan fingerprint density at radius 3 is 2.81 bits per heavy atom. The van der Waals surface area contributed by atoms with Crippen molar-refractivity contribution in [2.24, 2.45) is 4.99 Å². The van der Waals surface area contributed by atoms with Gasteiger partial charge in [0.2, 0.25) is 0 Å². The van der Waals surface area contributed by atoms with Crippen molar-refractivity contribution in [2.45, 2.75) is 58.7 Å². The first kappa shape index (κ1) is 18.3. The molecule has 1 aromatic heterocycles. The van der Waals surface area contributed by atoms with E-state index in [1.54, 1.807) is 12.1 Å². The Balaban J connectivity index is 1.64. The first-order valence-corrected chi connectivity index (χ1v) is 9.44. The lowest BCUT2D eigenvalue weighted by Gasteiger charge is -2.24. The lowest BCUT2D eigenvalue weighted by atomic mass is 9.94. The fraction of sp³-hybridized carbons (Fsp3) is 0.500. The molecule has 1 aliphatic rings. The zero-order chi connectivity index (χ0) is 18.5. The van der Waals surface area contributed by atoms with Crippen LogP contribution < -0.4 is 10.6 Å². The van der Waals surface area contributed by atoms with Gasteiger partial charge in [0.15, 0.2) is 5.96 Å². The zero-order valence-corrected chi connectivity index (χ0v) is 15.9. The second-order valence-corrected chi connectivity index (χ2v) is 7.12. The number of hydrogen-bond donors (Lipinski definition) is 3. The molecule has 0 fully saturated rings. The van der Waals surface area contributed by atoms with E-state index in [4.69, 9.17) is 5.10 Å². The molecule has 0 amide bonds. The molecular weight excluding hydrogens is 326 g/mol. The largest absolute Gasteiger partial charge is 0.508 e. The molecule has 0 spiro atoms. The molecule has 26 heavy (non-hydrogen) atoms. The summed E-state index contributed by atoms with van der Waals surface area (Å²) in [6.45, 7) is 7.79. The summed E-state index contributed by atoms with van der Waals surface area (Å²) in [5.41, 5.74) is 3.65. The van der Waals surface area contributed by atoms with E-state index >= 15 is 0 Å².